The summed E-state index contributed by atoms with van der Waals surface area (Å²) < 4.78 is 12.9. The number of methoxy groups -OCH3 is 1. The molecular formula is C24H19N5O5. The number of pyridine rings is 1. The molecule has 1 N–H and O–H groups in total. The second kappa shape index (κ2) is 7.27. The first-order chi connectivity index (χ1) is 16.5. The molecule has 1 fully saturated rings. The molecule has 3 aromatic heterocycles. The summed E-state index contributed by atoms with van der Waals surface area (Å²) in [7, 11) is 1.54. The van der Waals surface area contributed by atoms with Crippen molar-refractivity contribution in [2.24, 2.45) is 0 Å². The molecule has 0 bridgehead atoms. The Bertz CT molecular complexity index is 1470. The first-order valence-corrected chi connectivity index (χ1v) is 10.7. The highest BCUT2D eigenvalue weighted by Crippen LogP contribution is 2.39. The summed E-state index contributed by atoms with van der Waals surface area (Å²) in [6.07, 6.45) is 3.29. The van der Waals surface area contributed by atoms with Crippen LogP contribution in [0.3, 0.4) is 0 Å². The minimum Gasteiger partial charge on any atom is -0.497 e. The van der Waals surface area contributed by atoms with E-state index in [9.17, 15) is 14.4 Å². The number of imide groups is 1. The van der Waals surface area contributed by atoms with Crippen LogP contribution in [0.5, 0.6) is 5.75 Å². The van der Waals surface area contributed by atoms with Gasteiger partial charge in [0.25, 0.3) is 5.91 Å². The number of amides is 3. The maximum absolute atomic E-state index is 13.2. The summed E-state index contributed by atoms with van der Waals surface area (Å²) in [6.45, 7) is 0.315. The van der Waals surface area contributed by atoms with E-state index in [2.05, 4.69) is 15.4 Å². The maximum Gasteiger partial charge on any atom is 0.254 e. The van der Waals surface area contributed by atoms with Crippen LogP contribution in [0.1, 0.15) is 28.1 Å². The molecule has 34 heavy (non-hydrogen) atoms. The largest absolute Gasteiger partial charge is 0.497 e. The standard InChI is InChI=1S/C24H19N5O5/c1-33-15-4-3-14-12-28(22(31)16(14)9-15)13-24(11-21(30)27-23(24)32)19-10-17-18(34-19)5-6-20(26-17)29-8-2-7-25-29/h2-10H,11-13H2,1H3,(H,27,30,32)/t24-/m1/s1. The van der Waals surface area contributed by atoms with Crippen LogP contribution in [0.15, 0.2) is 59.3 Å². The summed E-state index contributed by atoms with van der Waals surface area (Å²) in [5.74, 6) is 0.318. The number of carbonyl (C=O) groups is 3. The molecule has 3 amide bonds. The number of nitrogens with one attached hydrogen (secondary N) is 1. The van der Waals surface area contributed by atoms with E-state index in [0.717, 1.165) is 5.56 Å². The van der Waals surface area contributed by atoms with Crippen molar-refractivity contribution in [1.29, 1.82) is 0 Å². The van der Waals surface area contributed by atoms with Gasteiger partial charge in [0.1, 0.15) is 22.4 Å². The number of ether oxygens (including phenoxy) is 1. The van der Waals surface area contributed by atoms with Gasteiger partial charge in [0, 0.05) is 37.1 Å². The first kappa shape index (κ1) is 20.2. The van der Waals surface area contributed by atoms with E-state index < -0.39 is 17.2 Å². The lowest BCUT2D eigenvalue weighted by Gasteiger charge is -2.28. The fraction of sp³-hybridized carbons (Fsp3) is 0.208. The number of aromatic nitrogens is 3. The van der Waals surface area contributed by atoms with E-state index in [1.54, 1.807) is 58.4 Å². The highest BCUT2D eigenvalue weighted by atomic mass is 16.5. The molecule has 1 aromatic carbocycles. The minimum absolute atomic E-state index is 0.00770. The molecule has 10 heteroatoms. The lowest BCUT2D eigenvalue weighted by atomic mass is 9.82. The third-order valence-corrected chi connectivity index (χ3v) is 6.38. The number of nitrogens with zero attached hydrogens (tertiary/aromatic N) is 4. The second-order valence-electron chi connectivity index (χ2n) is 8.43. The van der Waals surface area contributed by atoms with Crippen LogP contribution in [0, 0.1) is 0 Å². The average Bonchev–Trinajstić information content (AvgIpc) is 3.61. The van der Waals surface area contributed by atoms with Crippen molar-refractivity contribution >= 4 is 28.8 Å². The monoisotopic (exact) mass is 457 g/mol. The van der Waals surface area contributed by atoms with Gasteiger partial charge in [-0.25, -0.2) is 9.67 Å². The van der Waals surface area contributed by atoms with Gasteiger partial charge in [0.15, 0.2) is 11.4 Å². The normalized spacial score (nSPS) is 19.7. The van der Waals surface area contributed by atoms with Gasteiger partial charge in [-0.1, -0.05) is 6.07 Å². The number of rotatable bonds is 5. The molecule has 1 atom stereocenters. The Labute approximate surface area is 193 Å². The fourth-order valence-electron chi connectivity index (χ4n) is 4.65. The molecule has 170 valence electrons. The lowest BCUT2D eigenvalue weighted by molar-refractivity contribution is -0.126. The summed E-state index contributed by atoms with van der Waals surface area (Å²) in [5.41, 5.74) is 0.995. The Hall–Kier alpha value is -4.47. The lowest BCUT2D eigenvalue weighted by Crippen LogP contribution is -2.46. The van der Waals surface area contributed by atoms with Gasteiger partial charge < -0.3 is 14.1 Å². The van der Waals surface area contributed by atoms with Crippen molar-refractivity contribution in [3.8, 4) is 11.6 Å². The fourth-order valence-corrected chi connectivity index (χ4v) is 4.65. The molecule has 6 rings (SSSR count). The van der Waals surface area contributed by atoms with Crippen LogP contribution >= 0.6 is 0 Å². The van der Waals surface area contributed by atoms with Gasteiger partial charge in [-0.15, -0.1) is 0 Å². The Kier molecular flexibility index (Phi) is 4.31. The maximum atomic E-state index is 13.2. The summed E-state index contributed by atoms with van der Waals surface area (Å²) >= 11 is 0. The molecule has 1 saturated heterocycles. The minimum atomic E-state index is -1.36. The van der Waals surface area contributed by atoms with E-state index in [1.165, 1.54) is 7.11 Å². The number of hydrogen-bond donors (Lipinski definition) is 1. The third kappa shape index (κ3) is 2.99. The van der Waals surface area contributed by atoms with E-state index in [4.69, 9.17) is 9.15 Å². The molecule has 2 aliphatic rings. The molecule has 0 unspecified atom stereocenters. The van der Waals surface area contributed by atoms with Crippen LogP contribution in [0.25, 0.3) is 16.9 Å². The van der Waals surface area contributed by atoms with Gasteiger partial charge in [0.05, 0.1) is 13.5 Å². The molecule has 2 aliphatic heterocycles. The van der Waals surface area contributed by atoms with Crippen LogP contribution in [0.4, 0.5) is 0 Å². The SMILES string of the molecule is COc1ccc2c(c1)C(=O)N(C[C@@]1(c3cc4nc(-n5cccn5)ccc4o3)CC(=O)NC1=O)C2. The van der Waals surface area contributed by atoms with Crippen LogP contribution < -0.4 is 10.1 Å². The van der Waals surface area contributed by atoms with Crippen LogP contribution in [0.2, 0.25) is 0 Å². The van der Waals surface area contributed by atoms with Crippen molar-refractivity contribution < 1.29 is 23.5 Å². The molecule has 0 spiro atoms. The van der Waals surface area contributed by atoms with Crippen molar-refractivity contribution in [2.75, 3.05) is 13.7 Å². The number of fused-ring (bicyclic) bond motifs is 2. The zero-order valence-electron chi connectivity index (χ0n) is 18.1. The van der Waals surface area contributed by atoms with Gasteiger partial charge in [-0.05, 0) is 35.9 Å². The molecule has 0 aliphatic carbocycles. The predicted molar refractivity (Wildman–Crippen MR) is 118 cm³/mol. The number of hydrogen-bond acceptors (Lipinski definition) is 7. The van der Waals surface area contributed by atoms with E-state index >= 15 is 0 Å². The Morgan fingerprint density at radius 1 is 1.18 bits per heavy atom. The highest BCUT2D eigenvalue weighted by Gasteiger charge is 2.53. The van der Waals surface area contributed by atoms with Crippen molar-refractivity contribution in [1.82, 2.24) is 25.0 Å². The third-order valence-electron chi connectivity index (χ3n) is 6.38. The van der Waals surface area contributed by atoms with Gasteiger partial charge >= 0.3 is 0 Å². The Morgan fingerprint density at radius 2 is 2.06 bits per heavy atom. The van der Waals surface area contributed by atoms with Crippen molar-refractivity contribution in [3.05, 3.63) is 71.7 Å². The molecule has 0 radical (unpaired) electrons. The zero-order valence-corrected chi connectivity index (χ0v) is 18.1. The molecule has 10 nitrogen and oxygen atoms in total. The number of furan rings is 1. The predicted octanol–water partition coefficient (Wildman–Crippen LogP) is 1.96. The van der Waals surface area contributed by atoms with E-state index in [-0.39, 0.29) is 24.6 Å². The van der Waals surface area contributed by atoms with E-state index in [1.807, 2.05) is 6.07 Å². The highest BCUT2D eigenvalue weighted by molar-refractivity contribution is 6.10. The van der Waals surface area contributed by atoms with Crippen LogP contribution in [-0.4, -0.2) is 51.0 Å². The number of benzene rings is 1. The second-order valence-corrected chi connectivity index (χ2v) is 8.43. The average molecular weight is 457 g/mol. The van der Waals surface area contributed by atoms with Crippen molar-refractivity contribution in [3.63, 3.8) is 0 Å². The smallest absolute Gasteiger partial charge is 0.254 e. The molecule has 4 aromatic rings. The molecule has 5 heterocycles. The zero-order chi connectivity index (χ0) is 23.4. The molecular weight excluding hydrogens is 438 g/mol. The Balaban J connectivity index is 1.39. The van der Waals surface area contributed by atoms with Crippen molar-refractivity contribution in [2.45, 2.75) is 18.4 Å². The summed E-state index contributed by atoms with van der Waals surface area (Å²) in [6, 6.07) is 12.3. The number of carbonyl (C=O) groups excluding carboxylic acids is 3. The van der Waals surface area contributed by atoms with Gasteiger partial charge in [0.2, 0.25) is 11.8 Å². The van der Waals surface area contributed by atoms with Gasteiger partial charge in [-0.3, -0.25) is 19.7 Å². The van der Waals surface area contributed by atoms with Crippen LogP contribution in [-0.2, 0) is 21.5 Å². The quantitative estimate of drug-likeness (QED) is 0.455. The van der Waals surface area contributed by atoms with Gasteiger partial charge in [-0.2, -0.15) is 5.10 Å². The summed E-state index contributed by atoms with van der Waals surface area (Å²) in [4.78, 5) is 44.7. The molecule has 0 saturated carbocycles. The topological polar surface area (TPSA) is 120 Å². The first-order valence-electron chi connectivity index (χ1n) is 10.7. The Morgan fingerprint density at radius 3 is 2.79 bits per heavy atom. The summed E-state index contributed by atoms with van der Waals surface area (Å²) in [5, 5.41) is 6.57. The van der Waals surface area contributed by atoms with E-state index in [0.29, 0.717) is 34.8 Å².